The number of rotatable bonds is 15. The van der Waals surface area contributed by atoms with Gasteiger partial charge in [0.15, 0.2) is 0 Å². The van der Waals surface area contributed by atoms with E-state index in [1.165, 1.54) is 41.3 Å². The van der Waals surface area contributed by atoms with Crippen LogP contribution >= 0.6 is 0 Å². The molecule has 3 N–H and O–H groups in total. The fourth-order valence-corrected chi connectivity index (χ4v) is 4.80. The first-order chi connectivity index (χ1) is 21.3. The fourth-order valence-electron chi connectivity index (χ4n) is 4.80. The van der Waals surface area contributed by atoms with Gasteiger partial charge in [0.05, 0.1) is 17.7 Å². The number of hydrogen-bond acceptors (Lipinski definition) is 4. The number of benzene rings is 3. The summed E-state index contributed by atoms with van der Waals surface area (Å²) in [6.45, 7) is 1.98. The van der Waals surface area contributed by atoms with Crippen LogP contribution in [0, 0.1) is 0 Å². The van der Waals surface area contributed by atoms with Crippen molar-refractivity contribution in [3.8, 4) is 0 Å². The minimum atomic E-state index is -4.48. The Kier molecular flexibility index (Phi) is 13.0. The van der Waals surface area contributed by atoms with E-state index in [2.05, 4.69) is 10.6 Å². The minimum Gasteiger partial charge on any atom is -0.390 e. The van der Waals surface area contributed by atoms with Gasteiger partial charge in [0.25, 0.3) is 11.8 Å². The van der Waals surface area contributed by atoms with E-state index in [0.717, 1.165) is 17.7 Å². The minimum absolute atomic E-state index is 0.0452. The van der Waals surface area contributed by atoms with Gasteiger partial charge >= 0.3 is 12.4 Å². The summed E-state index contributed by atoms with van der Waals surface area (Å²) in [5, 5.41) is 16.8. The summed E-state index contributed by atoms with van der Waals surface area (Å²) in [7, 11) is 0. The van der Waals surface area contributed by atoms with Gasteiger partial charge in [-0.05, 0) is 54.7 Å². The number of alkyl halides is 6. The van der Waals surface area contributed by atoms with Crippen molar-refractivity contribution >= 4 is 11.8 Å². The van der Waals surface area contributed by atoms with Crippen molar-refractivity contribution < 1.29 is 41.0 Å². The van der Waals surface area contributed by atoms with Crippen LogP contribution in [0.5, 0.6) is 0 Å². The third kappa shape index (κ3) is 11.8. The molecule has 0 unspecified atom stereocenters. The maximum Gasteiger partial charge on any atom is 0.416 e. The summed E-state index contributed by atoms with van der Waals surface area (Å²) in [5.41, 5.74) is 0.674. The predicted octanol–water partition coefficient (Wildman–Crippen LogP) is 6.39. The Bertz CT molecular complexity index is 1380. The molecule has 12 heteroatoms. The molecule has 6 nitrogen and oxygen atoms in total. The van der Waals surface area contributed by atoms with Crippen LogP contribution in [0.15, 0.2) is 78.9 Å². The third-order valence-corrected chi connectivity index (χ3v) is 7.06. The average molecular weight is 638 g/mol. The van der Waals surface area contributed by atoms with E-state index in [4.69, 9.17) is 0 Å². The summed E-state index contributed by atoms with van der Waals surface area (Å²) in [4.78, 5) is 27.8. The van der Waals surface area contributed by atoms with Crippen LogP contribution in [-0.4, -0.2) is 59.8 Å². The first-order valence-corrected chi connectivity index (χ1v) is 14.6. The largest absolute Gasteiger partial charge is 0.416 e. The van der Waals surface area contributed by atoms with E-state index < -0.39 is 48.3 Å². The van der Waals surface area contributed by atoms with E-state index in [1.54, 1.807) is 19.1 Å². The number of hydrogen-bond donors (Lipinski definition) is 3. The molecule has 0 saturated carbocycles. The van der Waals surface area contributed by atoms with E-state index in [9.17, 15) is 41.0 Å². The van der Waals surface area contributed by atoms with Crippen LogP contribution in [0.3, 0.4) is 0 Å². The van der Waals surface area contributed by atoms with Crippen molar-refractivity contribution in [3.05, 3.63) is 107 Å². The molecule has 2 atom stereocenters. The van der Waals surface area contributed by atoms with E-state index >= 15 is 0 Å². The standard InChI is InChI=1S/C33H37F6N3O3/c1-2-16-42(17-8-15-32(34,35)36)31(45)26-13-7-12-25(20-26)30(44)41-28(19-23-9-4-3-5-10-23)29(43)22-40-21-24-11-6-14-27(18-24)33(37,38)39/h3-7,9-14,18,20,28-29,40,43H,2,8,15-17,19,21-22H2,1H3,(H,41,44)/t28-,29+/m0/s1. The number of carbonyl (C=O) groups is 2. The second-order valence-electron chi connectivity index (χ2n) is 10.8. The normalized spacial score (nSPS) is 13.2. The van der Waals surface area contributed by atoms with E-state index in [1.807, 2.05) is 18.2 Å². The lowest BCUT2D eigenvalue weighted by molar-refractivity contribution is -0.138. The molecule has 3 rings (SSSR count). The lowest BCUT2D eigenvalue weighted by Gasteiger charge is -2.25. The molecule has 3 aromatic carbocycles. The average Bonchev–Trinajstić information content (AvgIpc) is 2.99. The maximum absolute atomic E-state index is 13.3. The fraction of sp³-hybridized carbons (Fsp3) is 0.394. The van der Waals surface area contributed by atoms with Crippen molar-refractivity contribution in [1.29, 1.82) is 0 Å². The van der Waals surface area contributed by atoms with Gasteiger partial charge in [-0.2, -0.15) is 26.3 Å². The number of nitrogens with one attached hydrogen (secondary N) is 2. The zero-order valence-corrected chi connectivity index (χ0v) is 24.8. The van der Waals surface area contributed by atoms with Gasteiger partial charge in [-0.15, -0.1) is 0 Å². The van der Waals surface area contributed by atoms with Crippen LogP contribution in [0.4, 0.5) is 26.3 Å². The lowest BCUT2D eigenvalue weighted by Crippen LogP contribution is -2.48. The van der Waals surface area contributed by atoms with Crippen LogP contribution in [0.2, 0.25) is 0 Å². The molecule has 0 aliphatic carbocycles. The van der Waals surface area contributed by atoms with Crippen molar-refractivity contribution in [3.63, 3.8) is 0 Å². The molecule has 0 heterocycles. The molecule has 244 valence electrons. The molecular weight excluding hydrogens is 600 g/mol. The van der Waals surface area contributed by atoms with Crippen LogP contribution in [0.1, 0.15) is 63.6 Å². The Hall–Kier alpha value is -3.90. The Labute approximate surface area is 258 Å². The zero-order valence-electron chi connectivity index (χ0n) is 24.8. The van der Waals surface area contributed by atoms with Crippen molar-refractivity contribution in [2.75, 3.05) is 19.6 Å². The van der Waals surface area contributed by atoms with Gasteiger partial charge in [0, 0.05) is 43.7 Å². The monoisotopic (exact) mass is 637 g/mol. The van der Waals surface area contributed by atoms with Crippen molar-refractivity contribution in [2.24, 2.45) is 0 Å². The van der Waals surface area contributed by atoms with Gasteiger partial charge in [0.2, 0.25) is 0 Å². The summed E-state index contributed by atoms with van der Waals surface area (Å²) in [5.74, 6) is -1.07. The summed E-state index contributed by atoms with van der Waals surface area (Å²) in [6, 6.07) is 18.9. The topological polar surface area (TPSA) is 81.7 Å². The molecule has 0 aromatic heterocycles. The summed E-state index contributed by atoms with van der Waals surface area (Å²) < 4.78 is 77.1. The molecule has 3 aromatic rings. The Morgan fingerprint density at radius 1 is 0.844 bits per heavy atom. The molecule has 2 amide bonds. The highest BCUT2D eigenvalue weighted by atomic mass is 19.4. The number of amides is 2. The lowest BCUT2D eigenvalue weighted by atomic mass is 10.00. The number of nitrogens with zero attached hydrogens (tertiary/aromatic N) is 1. The Morgan fingerprint density at radius 2 is 1.51 bits per heavy atom. The second-order valence-corrected chi connectivity index (χ2v) is 10.8. The van der Waals surface area contributed by atoms with Gasteiger partial charge in [-0.25, -0.2) is 0 Å². The third-order valence-electron chi connectivity index (χ3n) is 7.06. The molecule has 0 aliphatic rings. The highest BCUT2D eigenvalue weighted by Gasteiger charge is 2.30. The first-order valence-electron chi connectivity index (χ1n) is 14.6. The Morgan fingerprint density at radius 3 is 2.18 bits per heavy atom. The van der Waals surface area contributed by atoms with Crippen LogP contribution in [-0.2, 0) is 19.1 Å². The molecule has 0 radical (unpaired) electrons. The molecule has 0 bridgehead atoms. The number of carbonyl (C=O) groups excluding carboxylic acids is 2. The molecule has 0 saturated heterocycles. The Balaban J connectivity index is 1.71. The molecule has 45 heavy (non-hydrogen) atoms. The first kappa shape index (κ1) is 35.6. The zero-order chi connectivity index (χ0) is 33.0. The van der Waals surface area contributed by atoms with E-state index in [-0.39, 0.29) is 50.1 Å². The highest BCUT2D eigenvalue weighted by Crippen LogP contribution is 2.29. The van der Waals surface area contributed by atoms with Crippen molar-refractivity contribution in [1.82, 2.24) is 15.5 Å². The second kappa shape index (κ2) is 16.4. The molecule has 0 fully saturated rings. The number of halogens is 6. The molecular formula is C33H37F6N3O3. The summed E-state index contributed by atoms with van der Waals surface area (Å²) >= 11 is 0. The molecule has 0 aliphatic heterocycles. The van der Waals surface area contributed by atoms with Crippen LogP contribution in [0.25, 0.3) is 0 Å². The highest BCUT2D eigenvalue weighted by molar-refractivity contribution is 5.99. The quantitative estimate of drug-likeness (QED) is 0.169. The number of aliphatic hydroxyl groups is 1. The van der Waals surface area contributed by atoms with Crippen LogP contribution < -0.4 is 10.6 Å². The maximum atomic E-state index is 13.3. The SMILES string of the molecule is CCCN(CCCC(F)(F)F)C(=O)c1cccc(C(=O)N[C@@H](Cc2ccccc2)[C@H](O)CNCc2cccc(C(F)(F)F)c2)c1. The van der Waals surface area contributed by atoms with Gasteiger partial charge < -0.3 is 20.6 Å². The smallest absolute Gasteiger partial charge is 0.390 e. The van der Waals surface area contributed by atoms with E-state index in [0.29, 0.717) is 12.0 Å². The van der Waals surface area contributed by atoms with Gasteiger partial charge in [-0.1, -0.05) is 61.5 Å². The van der Waals surface area contributed by atoms with Gasteiger partial charge in [0.1, 0.15) is 0 Å². The van der Waals surface area contributed by atoms with Crippen molar-refractivity contribution in [2.45, 2.75) is 63.7 Å². The summed E-state index contributed by atoms with van der Waals surface area (Å²) in [6.07, 6.45) is -10.4. The predicted molar refractivity (Wildman–Crippen MR) is 158 cm³/mol. The van der Waals surface area contributed by atoms with Gasteiger partial charge in [-0.3, -0.25) is 9.59 Å². The number of aliphatic hydroxyl groups excluding tert-OH is 1. The molecule has 0 spiro atoms.